The number of hydrogen-bond acceptors (Lipinski definition) is 9. The fourth-order valence-corrected chi connectivity index (χ4v) is 3.68. The number of nitrogens with zero attached hydrogens (tertiary/aromatic N) is 2. The van der Waals surface area contributed by atoms with Crippen LogP contribution in [0.2, 0.25) is 0 Å². The van der Waals surface area contributed by atoms with Crippen molar-refractivity contribution in [3.8, 4) is 11.5 Å². The monoisotopic (exact) mass is 432 g/mol. The van der Waals surface area contributed by atoms with Gasteiger partial charge in [0.1, 0.15) is 13.2 Å². The molecule has 2 amide bonds. The number of thiophene rings is 1. The van der Waals surface area contributed by atoms with E-state index < -0.39 is 0 Å². The van der Waals surface area contributed by atoms with Crippen molar-refractivity contribution in [3.63, 3.8) is 0 Å². The molecule has 1 aliphatic heterocycles. The second-order valence-electron chi connectivity index (χ2n) is 5.82. The van der Waals surface area contributed by atoms with Gasteiger partial charge in [-0.2, -0.15) is 0 Å². The van der Waals surface area contributed by atoms with Gasteiger partial charge >= 0.3 is 0 Å². The number of carbonyl (C=O) groups excluding carboxylic acids is 2. The molecule has 9 nitrogen and oxygen atoms in total. The summed E-state index contributed by atoms with van der Waals surface area (Å²) in [6, 6.07) is 8.76. The molecule has 0 aliphatic carbocycles. The van der Waals surface area contributed by atoms with Gasteiger partial charge in [-0.15, -0.1) is 21.5 Å². The minimum Gasteiger partial charge on any atom is -0.486 e. The zero-order chi connectivity index (χ0) is 20.1. The molecule has 150 valence electrons. The highest BCUT2D eigenvalue weighted by molar-refractivity contribution is 7.99. The van der Waals surface area contributed by atoms with Crippen LogP contribution in [0.25, 0.3) is 0 Å². The lowest BCUT2D eigenvalue weighted by Crippen LogP contribution is -2.21. The topological polar surface area (TPSA) is 116 Å². The van der Waals surface area contributed by atoms with Crippen molar-refractivity contribution in [1.82, 2.24) is 15.5 Å². The fourth-order valence-electron chi connectivity index (χ4n) is 2.46. The third-order valence-corrected chi connectivity index (χ3v) is 5.43. The van der Waals surface area contributed by atoms with Crippen molar-refractivity contribution in [2.24, 2.45) is 0 Å². The Balaban J connectivity index is 1.24. The number of ether oxygens (including phenoxy) is 2. The smallest absolute Gasteiger partial charge is 0.277 e. The molecule has 0 radical (unpaired) electrons. The maximum atomic E-state index is 12.2. The molecule has 0 saturated carbocycles. The van der Waals surface area contributed by atoms with Crippen LogP contribution in [0.4, 0.5) is 5.69 Å². The summed E-state index contributed by atoms with van der Waals surface area (Å²) >= 11 is 2.46. The predicted octanol–water partition coefficient (Wildman–Crippen LogP) is 2.56. The van der Waals surface area contributed by atoms with Crippen LogP contribution < -0.4 is 20.1 Å². The first-order valence-electron chi connectivity index (χ1n) is 8.64. The van der Waals surface area contributed by atoms with Crippen LogP contribution in [0.5, 0.6) is 11.5 Å². The number of hydrogen-bond donors (Lipinski definition) is 2. The van der Waals surface area contributed by atoms with E-state index in [2.05, 4.69) is 20.8 Å². The number of rotatable bonds is 7. The van der Waals surface area contributed by atoms with Gasteiger partial charge in [0.2, 0.25) is 11.8 Å². The first-order chi connectivity index (χ1) is 14.2. The molecule has 4 rings (SSSR count). The molecule has 29 heavy (non-hydrogen) atoms. The third-order valence-electron chi connectivity index (χ3n) is 3.75. The van der Waals surface area contributed by atoms with Crippen LogP contribution in [0.1, 0.15) is 15.6 Å². The van der Waals surface area contributed by atoms with Crippen LogP contribution in [0, 0.1) is 0 Å². The van der Waals surface area contributed by atoms with Crippen molar-refractivity contribution in [2.75, 3.05) is 24.3 Å². The van der Waals surface area contributed by atoms with Crippen molar-refractivity contribution in [2.45, 2.75) is 11.8 Å². The standard InChI is InChI=1S/C18H16N4O5S2/c23-15(20-11-3-4-12-13(8-11)26-6-5-25-12)10-29-18-22-21-16(27-18)9-19-17(24)14-2-1-7-28-14/h1-4,7-8H,5-6,9-10H2,(H,19,24)(H,20,23). The zero-order valence-corrected chi connectivity index (χ0v) is 16.7. The van der Waals surface area contributed by atoms with Gasteiger partial charge < -0.3 is 24.5 Å². The Morgan fingerprint density at radius 1 is 1.14 bits per heavy atom. The normalized spacial score (nSPS) is 12.4. The van der Waals surface area contributed by atoms with E-state index in [4.69, 9.17) is 13.9 Å². The number of thioether (sulfide) groups is 1. The summed E-state index contributed by atoms with van der Waals surface area (Å²) in [6.45, 7) is 1.11. The molecule has 0 spiro atoms. The van der Waals surface area contributed by atoms with Gasteiger partial charge in [-0.05, 0) is 23.6 Å². The maximum Gasteiger partial charge on any atom is 0.277 e. The van der Waals surface area contributed by atoms with Gasteiger partial charge in [-0.3, -0.25) is 9.59 Å². The Morgan fingerprint density at radius 2 is 2.00 bits per heavy atom. The number of benzene rings is 1. The summed E-state index contributed by atoms with van der Waals surface area (Å²) < 4.78 is 16.4. The third kappa shape index (κ3) is 5.06. The number of nitrogens with one attached hydrogen (secondary N) is 2. The molecule has 0 bridgehead atoms. The number of carbonyl (C=O) groups is 2. The second kappa shape index (κ2) is 8.97. The van der Waals surface area contributed by atoms with E-state index in [1.807, 2.05) is 5.38 Å². The maximum absolute atomic E-state index is 12.2. The Morgan fingerprint density at radius 3 is 2.83 bits per heavy atom. The summed E-state index contributed by atoms with van der Waals surface area (Å²) in [5.41, 5.74) is 0.613. The number of aromatic nitrogens is 2. The minimum atomic E-state index is -0.225. The molecule has 2 aromatic heterocycles. The summed E-state index contributed by atoms with van der Waals surface area (Å²) in [5, 5.41) is 15.3. The zero-order valence-electron chi connectivity index (χ0n) is 15.0. The van der Waals surface area contributed by atoms with Crippen molar-refractivity contribution in [3.05, 3.63) is 46.5 Å². The molecule has 0 unspecified atom stereocenters. The Kier molecular flexibility index (Phi) is 5.96. The van der Waals surface area contributed by atoms with Gasteiger partial charge in [0.05, 0.1) is 17.2 Å². The summed E-state index contributed by atoms with van der Waals surface area (Å²) in [7, 11) is 0. The first-order valence-corrected chi connectivity index (χ1v) is 10.5. The molecule has 11 heteroatoms. The van der Waals surface area contributed by atoms with Crippen LogP contribution in [0.15, 0.2) is 45.4 Å². The van der Waals surface area contributed by atoms with Crippen LogP contribution >= 0.6 is 23.1 Å². The highest BCUT2D eigenvalue weighted by Gasteiger charge is 2.14. The summed E-state index contributed by atoms with van der Waals surface area (Å²) in [4.78, 5) is 24.7. The molecular weight excluding hydrogens is 416 g/mol. The van der Waals surface area contributed by atoms with Gasteiger partial charge in [-0.1, -0.05) is 17.8 Å². The molecule has 2 N–H and O–H groups in total. The van der Waals surface area contributed by atoms with E-state index in [0.717, 1.165) is 11.8 Å². The lowest BCUT2D eigenvalue weighted by atomic mass is 10.2. The molecule has 0 saturated heterocycles. The predicted molar refractivity (Wildman–Crippen MR) is 107 cm³/mol. The first kappa shape index (κ1) is 19.3. The minimum absolute atomic E-state index is 0.0949. The van der Waals surface area contributed by atoms with E-state index in [-0.39, 0.29) is 35.2 Å². The highest BCUT2D eigenvalue weighted by Crippen LogP contribution is 2.32. The van der Waals surface area contributed by atoms with E-state index in [0.29, 0.717) is 35.3 Å². The van der Waals surface area contributed by atoms with E-state index >= 15 is 0 Å². The van der Waals surface area contributed by atoms with E-state index in [9.17, 15) is 9.59 Å². The molecule has 3 heterocycles. The Bertz CT molecular complexity index is 1010. The lowest BCUT2D eigenvalue weighted by molar-refractivity contribution is -0.113. The van der Waals surface area contributed by atoms with Crippen LogP contribution in [-0.2, 0) is 11.3 Å². The van der Waals surface area contributed by atoms with Gasteiger partial charge in [0.25, 0.3) is 11.1 Å². The average Bonchev–Trinajstić information content (AvgIpc) is 3.43. The van der Waals surface area contributed by atoms with E-state index in [1.165, 1.54) is 11.3 Å². The highest BCUT2D eigenvalue weighted by atomic mass is 32.2. The van der Waals surface area contributed by atoms with Gasteiger partial charge in [-0.25, -0.2) is 0 Å². The van der Waals surface area contributed by atoms with Gasteiger partial charge in [0, 0.05) is 11.8 Å². The van der Waals surface area contributed by atoms with Crippen molar-refractivity contribution in [1.29, 1.82) is 0 Å². The average molecular weight is 432 g/mol. The number of anilines is 1. The molecule has 0 atom stereocenters. The van der Waals surface area contributed by atoms with Crippen molar-refractivity contribution < 1.29 is 23.5 Å². The SMILES string of the molecule is O=C(CSc1nnc(CNC(=O)c2cccs2)o1)Nc1ccc2c(c1)OCCO2. The molecule has 3 aromatic rings. The largest absolute Gasteiger partial charge is 0.486 e. The molecular formula is C18H16N4O5S2. The fraction of sp³-hybridized carbons (Fsp3) is 0.222. The quantitative estimate of drug-likeness (QED) is 0.548. The lowest BCUT2D eigenvalue weighted by Gasteiger charge is -2.18. The molecule has 1 aromatic carbocycles. The van der Waals surface area contributed by atoms with E-state index in [1.54, 1.807) is 30.3 Å². The Hall–Kier alpha value is -3.05. The Labute approximate surface area is 173 Å². The summed E-state index contributed by atoms with van der Waals surface area (Å²) in [6.07, 6.45) is 0. The summed E-state index contributed by atoms with van der Waals surface area (Å²) in [5.74, 6) is 1.20. The molecule has 1 aliphatic rings. The number of amides is 2. The molecule has 0 fully saturated rings. The van der Waals surface area contributed by atoms with Crippen LogP contribution in [-0.4, -0.2) is 41.0 Å². The van der Waals surface area contributed by atoms with Crippen LogP contribution in [0.3, 0.4) is 0 Å². The second-order valence-corrected chi connectivity index (χ2v) is 7.69. The number of fused-ring (bicyclic) bond motifs is 1. The van der Waals surface area contributed by atoms with Crippen molar-refractivity contribution >= 4 is 40.6 Å². The van der Waals surface area contributed by atoms with Gasteiger partial charge in [0.15, 0.2) is 11.5 Å².